The predicted molar refractivity (Wildman–Crippen MR) is 72.6 cm³/mol. The topological polar surface area (TPSA) is 42.7 Å². The molecule has 0 aliphatic heterocycles. The van der Waals surface area contributed by atoms with Crippen molar-refractivity contribution in [1.82, 2.24) is 19.9 Å². The lowest BCUT2D eigenvalue weighted by Crippen LogP contribution is -2.21. The number of pyridine rings is 1. The summed E-state index contributed by atoms with van der Waals surface area (Å²) in [6.07, 6.45) is 7.27. The summed E-state index contributed by atoms with van der Waals surface area (Å²) in [5.74, 6) is 0. The summed E-state index contributed by atoms with van der Waals surface area (Å²) in [6.45, 7) is 5.74. The van der Waals surface area contributed by atoms with Crippen LogP contribution in [0, 0.1) is 0 Å². The molecule has 0 bridgehead atoms. The summed E-state index contributed by atoms with van der Waals surface area (Å²) in [5, 5.41) is 4.03. The number of imidazole rings is 1. The number of nitrogens with one attached hydrogen (secondary N) is 1. The number of rotatable bonds is 5. The Morgan fingerprint density at radius 3 is 3.00 bits per heavy atom. The molecule has 1 N–H and O–H groups in total. The first kappa shape index (κ1) is 13.1. The van der Waals surface area contributed by atoms with Crippen molar-refractivity contribution in [2.75, 3.05) is 0 Å². The van der Waals surface area contributed by atoms with Gasteiger partial charge in [-0.2, -0.15) is 0 Å². The molecule has 0 aliphatic carbocycles. The second-order valence-corrected chi connectivity index (χ2v) is 4.95. The van der Waals surface area contributed by atoms with Crippen LogP contribution in [0.25, 0.3) is 0 Å². The van der Waals surface area contributed by atoms with Crippen molar-refractivity contribution in [3.63, 3.8) is 0 Å². The van der Waals surface area contributed by atoms with Gasteiger partial charge in [0.2, 0.25) is 0 Å². The van der Waals surface area contributed by atoms with Gasteiger partial charge in [0.25, 0.3) is 0 Å². The van der Waals surface area contributed by atoms with Gasteiger partial charge in [0.15, 0.2) is 0 Å². The van der Waals surface area contributed by atoms with Gasteiger partial charge in [0.1, 0.15) is 0 Å². The van der Waals surface area contributed by atoms with Crippen LogP contribution in [0.2, 0.25) is 5.02 Å². The quantitative estimate of drug-likeness (QED) is 0.902. The Hall–Kier alpha value is -1.39. The molecule has 0 fully saturated rings. The number of aromatic nitrogens is 3. The van der Waals surface area contributed by atoms with E-state index >= 15 is 0 Å². The third-order valence-corrected chi connectivity index (χ3v) is 2.93. The molecule has 0 amide bonds. The molecule has 4 nitrogen and oxygen atoms in total. The fraction of sp³-hybridized carbons (Fsp3) is 0.385. The second-order valence-electron chi connectivity index (χ2n) is 4.54. The average molecular weight is 265 g/mol. The van der Waals surface area contributed by atoms with Crippen LogP contribution >= 0.6 is 11.6 Å². The first-order chi connectivity index (χ1) is 8.65. The van der Waals surface area contributed by atoms with Crippen LogP contribution in [0.15, 0.2) is 31.0 Å². The molecule has 96 valence electrons. The molecule has 0 saturated carbocycles. The van der Waals surface area contributed by atoms with Gasteiger partial charge in [0.05, 0.1) is 23.6 Å². The SMILES string of the molecule is CC(C)NCc1cn(Cc2ccncc2Cl)cn1. The molecule has 0 unspecified atom stereocenters. The summed E-state index contributed by atoms with van der Waals surface area (Å²) < 4.78 is 2.03. The number of halogens is 1. The van der Waals surface area contributed by atoms with Gasteiger partial charge in [-0.1, -0.05) is 25.4 Å². The summed E-state index contributed by atoms with van der Waals surface area (Å²) in [5.41, 5.74) is 2.08. The Balaban J connectivity index is 2.00. The van der Waals surface area contributed by atoms with Crippen molar-refractivity contribution >= 4 is 11.6 Å². The largest absolute Gasteiger partial charge is 0.333 e. The Kier molecular flexibility index (Phi) is 4.33. The van der Waals surface area contributed by atoms with Crippen molar-refractivity contribution in [3.05, 3.63) is 47.3 Å². The van der Waals surface area contributed by atoms with Gasteiger partial charge in [-0.25, -0.2) is 4.98 Å². The van der Waals surface area contributed by atoms with Gasteiger partial charge in [-0.15, -0.1) is 0 Å². The van der Waals surface area contributed by atoms with E-state index < -0.39 is 0 Å². The van der Waals surface area contributed by atoms with Crippen molar-refractivity contribution < 1.29 is 0 Å². The molecule has 0 spiro atoms. The molecule has 0 aromatic carbocycles. The van der Waals surface area contributed by atoms with E-state index in [2.05, 4.69) is 29.1 Å². The van der Waals surface area contributed by atoms with Crippen LogP contribution in [0.1, 0.15) is 25.1 Å². The molecule has 0 radical (unpaired) electrons. The van der Waals surface area contributed by atoms with Crippen molar-refractivity contribution in [2.24, 2.45) is 0 Å². The Labute approximate surface area is 112 Å². The molecule has 0 saturated heterocycles. The second kappa shape index (κ2) is 5.98. The Morgan fingerprint density at radius 2 is 2.28 bits per heavy atom. The van der Waals surface area contributed by atoms with Crippen molar-refractivity contribution in [2.45, 2.75) is 33.0 Å². The number of hydrogen-bond acceptors (Lipinski definition) is 3. The normalized spacial score (nSPS) is 11.1. The molecular weight excluding hydrogens is 248 g/mol. The minimum absolute atomic E-state index is 0.463. The zero-order valence-electron chi connectivity index (χ0n) is 10.6. The van der Waals surface area contributed by atoms with E-state index in [1.807, 2.05) is 23.2 Å². The molecule has 0 aliphatic rings. The van der Waals surface area contributed by atoms with Crippen molar-refractivity contribution in [1.29, 1.82) is 0 Å². The molecule has 2 aromatic rings. The zero-order valence-corrected chi connectivity index (χ0v) is 11.4. The fourth-order valence-corrected chi connectivity index (χ4v) is 1.80. The average Bonchev–Trinajstić information content (AvgIpc) is 2.77. The first-order valence-corrected chi connectivity index (χ1v) is 6.35. The van der Waals surface area contributed by atoms with Gasteiger partial charge in [0, 0.05) is 31.2 Å². The monoisotopic (exact) mass is 264 g/mol. The number of hydrogen-bond donors (Lipinski definition) is 1. The highest BCUT2D eigenvalue weighted by Gasteiger charge is 2.03. The summed E-state index contributed by atoms with van der Waals surface area (Å²) in [6, 6.07) is 2.39. The Morgan fingerprint density at radius 1 is 1.44 bits per heavy atom. The molecule has 0 atom stereocenters. The highest BCUT2D eigenvalue weighted by molar-refractivity contribution is 6.31. The summed E-state index contributed by atoms with van der Waals surface area (Å²) in [4.78, 5) is 8.33. The zero-order chi connectivity index (χ0) is 13.0. The van der Waals surface area contributed by atoms with E-state index in [-0.39, 0.29) is 0 Å². The molecule has 2 aromatic heterocycles. The minimum Gasteiger partial charge on any atom is -0.333 e. The molecule has 2 heterocycles. The minimum atomic E-state index is 0.463. The first-order valence-electron chi connectivity index (χ1n) is 5.97. The maximum absolute atomic E-state index is 6.08. The van der Waals surface area contributed by atoms with Gasteiger partial charge in [-0.05, 0) is 11.6 Å². The fourth-order valence-electron chi connectivity index (χ4n) is 1.62. The third kappa shape index (κ3) is 3.55. The predicted octanol–water partition coefficient (Wildman–Crippen LogP) is 2.48. The van der Waals surface area contributed by atoms with E-state index in [1.54, 1.807) is 12.4 Å². The lowest BCUT2D eigenvalue weighted by molar-refractivity contribution is 0.582. The van der Waals surface area contributed by atoms with E-state index in [0.29, 0.717) is 11.1 Å². The Bertz CT molecular complexity index is 507. The maximum Gasteiger partial charge on any atom is 0.0953 e. The van der Waals surface area contributed by atoms with E-state index in [9.17, 15) is 0 Å². The highest BCUT2D eigenvalue weighted by Crippen LogP contribution is 2.14. The number of nitrogens with zero attached hydrogens (tertiary/aromatic N) is 3. The molecule has 2 rings (SSSR count). The lowest BCUT2D eigenvalue weighted by atomic mass is 10.2. The van der Waals surface area contributed by atoms with Crippen LogP contribution in [0.3, 0.4) is 0 Å². The molecule has 18 heavy (non-hydrogen) atoms. The van der Waals surface area contributed by atoms with Crippen molar-refractivity contribution in [3.8, 4) is 0 Å². The van der Waals surface area contributed by atoms with Crippen LogP contribution in [0.5, 0.6) is 0 Å². The summed E-state index contributed by atoms with van der Waals surface area (Å²) in [7, 11) is 0. The van der Waals surface area contributed by atoms with Gasteiger partial charge >= 0.3 is 0 Å². The molecular formula is C13H17ClN4. The van der Waals surface area contributed by atoms with Crippen LogP contribution in [0.4, 0.5) is 0 Å². The highest BCUT2D eigenvalue weighted by atomic mass is 35.5. The van der Waals surface area contributed by atoms with Crippen LogP contribution < -0.4 is 5.32 Å². The molecule has 5 heteroatoms. The van der Waals surface area contributed by atoms with E-state index in [0.717, 1.165) is 24.3 Å². The summed E-state index contributed by atoms with van der Waals surface area (Å²) >= 11 is 6.08. The third-order valence-electron chi connectivity index (χ3n) is 2.59. The van der Waals surface area contributed by atoms with Crippen LogP contribution in [-0.2, 0) is 13.1 Å². The van der Waals surface area contributed by atoms with Crippen LogP contribution in [-0.4, -0.2) is 20.6 Å². The van der Waals surface area contributed by atoms with E-state index in [4.69, 9.17) is 11.6 Å². The lowest BCUT2D eigenvalue weighted by Gasteiger charge is -2.05. The maximum atomic E-state index is 6.08. The standard InChI is InChI=1S/C13H17ClN4/c1-10(2)16-5-12-8-18(9-17-12)7-11-3-4-15-6-13(11)14/h3-4,6,8-10,16H,5,7H2,1-2H3. The van der Waals surface area contributed by atoms with Gasteiger partial charge < -0.3 is 9.88 Å². The smallest absolute Gasteiger partial charge is 0.0953 e. The van der Waals surface area contributed by atoms with Gasteiger partial charge in [-0.3, -0.25) is 4.98 Å². The van der Waals surface area contributed by atoms with E-state index in [1.165, 1.54) is 0 Å².